The summed E-state index contributed by atoms with van der Waals surface area (Å²) in [5, 5.41) is 16.1. The average molecular weight is 214 g/mol. The van der Waals surface area contributed by atoms with Gasteiger partial charge in [-0.05, 0) is 39.2 Å². The van der Waals surface area contributed by atoms with E-state index in [0.717, 1.165) is 25.9 Å². The fraction of sp³-hybridized carbons (Fsp3) is 1.00. The van der Waals surface area contributed by atoms with Gasteiger partial charge in [0.1, 0.15) is 0 Å². The zero-order valence-corrected chi connectivity index (χ0v) is 10.2. The Balaban J connectivity index is 2.25. The van der Waals surface area contributed by atoms with E-state index in [4.69, 9.17) is 5.11 Å². The van der Waals surface area contributed by atoms with Crippen molar-refractivity contribution >= 4 is 0 Å². The van der Waals surface area contributed by atoms with Crippen LogP contribution in [0.25, 0.3) is 0 Å². The van der Waals surface area contributed by atoms with Crippen LogP contribution in [-0.4, -0.2) is 36.4 Å². The van der Waals surface area contributed by atoms with Crippen molar-refractivity contribution in [2.24, 2.45) is 0 Å². The van der Waals surface area contributed by atoms with E-state index in [1.165, 1.54) is 19.3 Å². The van der Waals surface area contributed by atoms with E-state index in [2.05, 4.69) is 24.5 Å². The van der Waals surface area contributed by atoms with Gasteiger partial charge < -0.3 is 15.7 Å². The number of hydrogen-bond donors (Lipinski definition) is 3. The van der Waals surface area contributed by atoms with Crippen LogP contribution in [0, 0.1) is 0 Å². The molecule has 0 saturated carbocycles. The third kappa shape index (κ3) is 4.49. The molecule has 0 aromatic carbocycles. The predicted octanol–water partition coefficient (Wildman–Crippen LogP) is 1.27. The molecule has 0 bridgehead atoms. The summed E-state index contributed by atoms with van der Waals surface area (Å²) >= 11 is 0. The fourth-order valence-corrected chi connectivity index (χ4v) is 2.10. The molecule has 0 radical (unpaired) electrons. The molecule has 0 spiro atoms. The monoisotopic (exact) mass is 214 g/mol. The van der Waals surface area contributed by atoms with Crippen LogP contribution in [-0.2, 0) is 0 Å². The summed E-state index contributed by atoms with van der Waals surface area (Å²) in [5.74, 6) is 0. The molecule has 0 amide bonds. The highest BCUT2D eigenvalue weighted by Gasteiger charge is 2.22. The second-order valence-electron chi connectivity index (χ2n) is 4.92. The van der Waals surface area contributed by atoms with Gasteiger partial charge in [-0.1, -0.05) is 13.3 Å². The molecule has 0 aliphatic carbocycles. The Morgan fingerprint density at radius 1 is 1.47 bits per heavy atom. The Labute approximate surface area is 93.6 Å². The molecule has 0 aromatic heterocycles. The highest BCUT2D eigenvalue weighted by Crippen LogP contribution is 2.14. The number of rotatable bonds is 6. The van der Waals surface area contributed by atoms with Gasteiger partial charge in [-0.15, -0.1) is 0 Å². The Hall–Kier alpha value is -0.120. The summed E-state index contributed by atoms with van der Waals surface area (Å²) in [6, 6.07) is 0.628. The van der Waals surface area contributed by atoms with Gasteiger partial charge in [-0.25, -0.2) is 0 Å². The zero-order valence-electron chi connectivity index (χ0n) is 10.2. The molecule has 1 fully saturated rings. The molecule has 0 aromatic rings. The lowest BCUT2D eigenvalue weighted by molar-refractivity contribution is 0.208. The van der Waals surface area contributed by atoms with Gasteiger partial charge in [0.25, 0.3) is 0 Å². The first-order valence-electron chi connectivity index (χ1n) is 6.29. The summed E-state index contributed by atoms with van der Waals surface area (Å²) in [6.07, 6.45) is 5.86. The van der Waals surface area contributed by atoms with Crippen LogP contribution in [0.2, 0.25) is 0 Å². The fourth-order valence-electron chi connectivity index (χ4n) is 2.10. The van der Waals surface area contributed by atoms with Crippen molar-refractivity contribution < 1.29 is 5.11 Å². The van der Waals surface area contributed by atoms with E-state index < -0.39 is 0 Å². The smallest absolute Gasteiger partial charge is 0.0448 e. The highest BCUT2D eigenvalue weighted by atomic mass is 16.3. The van der Waals surface area contributed by atoms with Gasteiger partial charge in [-0.3, -0.25) is 0 Å². The molecule has 90 valence electrons. The van der Waals surface area contributed by atoms with Crippen molar-refractivity contribution in [3.05, 3.63) is 0 Å². The van der Waals surface area contributed by atoms with Gasteiger partial charge in [0.2, 0.25) is 0 Å². The van der Waals surface area contributed by atoms with Crippen LogP contribution in [0.4, 0.5) is 0 Å². The van der Waals surface area contributed by atoms with E-state index in [9.17, 15) is 0 Å². The van der Waals surface area contributed by atoms with Crippen molar-refractivity contribution in [2.75, 3.05) is 19.7 Å². The Bertz CT molecular complexity index is 169. The first-order chi connectivity index (χ1) is 7.20. The summed E-state index contributed by atoms with van der Waals surface area (Å²) in [7, 11) is 0. The van der Waals surface area contributed by atoms with Crippen LogP contribution in [0.5, 0.6) is 0 Å². The summed E-state index contributed by atoms with van der Waals surface area (Å²) in [5.41, 5.74) is 0.105. The molecular weight excluding hydrogens is 188 g/mol. The van der Waals surface area contributed by atoms with Crippen molar-refractivity contribution in [1.82, 2.24) is 10.6 Å². The van der Waals surface area contributed by atoms with Gasteiger partial charge >= 0.3 is 0 Å². The number of aliphatic hydroxyl groups excluding tert-OH is 1. The quantitative estimate of drug-likeness (QED) is 0.624. The van der Waals surface area contributed by atoms with Gasteiger partial charge in [0.05, 0.1) is 0 Å². The molecule has 15 heavy (non-hydrogen) atoms. The largest absolute Gasteiger partial charge is 0.396 e. The minimum Gasteiger partial charge on any atom is -0.396 e. The van der Waals surface area contributed by atoms with E-state index in [-0.39, 0.29) is 12.1 Å². The Morgan fingerprint density at radius 2 is 2.27 bits per heavy atom. The van der Waals surface area contributed by atoms with E-state index in [1.807, 2.05) is 0 Å². The normalized spacial score (nSPS) is 26.2. The van der Waals surface area contributed by atoms with Crippen molar-refractivity contribution in [3.8, 4) is 0 Å². The van der Waals surface area contributed by atoms with Gasteiger partial charge in [0, 0.05) is 24.7 Å². The lowest BCUT2D eigenvalue weighted by atomic mass is 9.94. The van der Waals surface area contributed by atoms with Crippen LogP contribution >= 0.6 is 0 Å². The van der Waals surface area contributed by atoms with Crippen molar-refractivity contribution in [2.45, 2.75) is 57.5 Å². The lowest BCUT2D eigenvalue weighted by Gasteiger charge is -2.33. The van der Waals surface area contributed by atoms with Crippen LogP contribution in [0.1, 0.15) is 46.0 Å². The molecule has 1 rings (SSSR count). The standard InChI is InChI=1S/C12H26N2O/c1-3-12(2,7-9-15)14-10-11-6-4-5-8-13-11/h11,13-15H,3-10H2,1-2H3. The first-order valence-corrected chi connectivity index (χ1v) is 6.29. The topological polar surface area (TPSA) is 44.3 Å². The molecule has 2 unspecified atom stereocenters. The summed E-state index contributed by atoms with van der Waals surface area (Å²) < 4.78 is 0. The van der Waals surface area contributed by atoms with Crippen molar-refractivity contribution in [3.63, 3.8) is 0 Å². The number of hydrogen-bond acceptors (Lipinski definition) is 3. The maximum Gasteiger partial charge on any atom is 0.0448 e. The van der Waals surface area contributed by atoms with E-state index >= 15 is 0 Å². The third-order valence-electron chi connectivity index (χ3n) is 3.63. The lowest BCUT2D eigenvalue weighted by Crippen LogP contribution is -2.50. The van der Waals surface area contributed by atoms with Crippen LogP contribution < -0.4 is 10.6 Å². The van der Waals surface area contributed by atoms with E-state index in [0.29, 0.717) is 6.04 Å². The first kappa shape index (κ1) is 12.9. The number of piperidine rings is 1. The second kappa shape index (κ2) is 6.46. The molecule has 3 N–H and O–H groups in total. The molecule has 1 heterocycles. The minimum atomic E-state index is 0.105. The average Bonchev–Trinajstić information content (AvgIpc) is 2.28. The maximum atomic E-state index is 9.01. The molecule has 2 atom stereocenters. The molecule has 1 saturated heterocycles. The maximum absolute atomic E-state index is 9.01. The molecule has 1 aliphatic heterocycles. The van der Waals surface area contributed by atoms with Gasteiger partial charge in [-0.2, -0.15) is 0 Å². The summed E-state index contributed by atoms with van der Waals surface area (Å²) in [6.45, 7) is 6.85. The molecule has 3 heteroatoms. The number of nitrogens with one attached hydrogen (secondary N) is 2. The van der Waals surface area contributed by atoms with Crippen LogP contribution in [0.3, 0.4) is 0 Å². The van der Waals surface area contributed by atoms with Gasteiger partial charge in [0.15, 0.2) is 0 Å². The third-order valence-corrected chi connectivity index (χ3v) is 3.63. The zero-order chi connectivity index (χ0) is 11.1. The minimum absolute atomic E-state index is 0.105. The SMILES string of the molecule is CCC(C)(CCO)NCC1CCCCN1. The molecule has 1 aliphatic rings. The Kier molecular flexibility index (Phi) is 5.58. The Morgan fingerprint density at radius 3 is 2.80 bits per heavy atom. The number of aliphatic hydroxyl groups is 1. The highest BCUT2D eigenvalue weighted by molar-refractivity contribution is 4.84. The van der Waals surface area contributed by atoms with Crippen LogP contribution in [0.15, 0.2) is 0 Å². The summed E-state index contributed by atoms with van der Waals surface area (Å²) in [4.78, 5) is 0. The van der Waals surface area contributed by atoms with E-state index in [1.54, 1.807) is 0 Å². The molecular formula is C12H26N2O. The van der Waals surface area contributed by atoms with Crippen molar-refractivity contribution in [1.29, 1.82) is 0 Å². The molecule has 3 nitrogen and oxygen atoms in total. The second-order valence-corrected chi connectivity index (χ2v) is 4.92. The predicted molar refractivity (Wildman–Crippen MR) is 64.0 cm³/mol.